The first kappa shape index (κ1) is 20.8. The fourth-order valence-corrected chi connectivity index (χ4v) is 3.97. The van der Waals surface area contributed by atoms with Crippen LogP contribution in [0, 0.1) is 0 Å². The predicted molar refractivity (Wildman–Crippen MR) is 115 cm³/mol. The number of piperazine rings is 1. The molecule has 1 saturated heterocycles. The summed E-state index contributed by atoms with van der Waals surface area (Å²) in [6.07, 6.45) is 0. The largest absolute Gasteiger partial charge is 0.496 e. The zero-order valence-corrected chi connectivity index (χ0v) is 17.2. The van der Waals surface area contributed by atoms with E-state index in [0.717, 1.165) is 37.5 Å². The van der Waals surface area contributed by atoms with Crippen LogP contribution >= 0.6 is 0 Å². The number of H-pyrrole nitrogens is 1. The van der Waals surface area contributed by atoms with Crippen molar-refractivity contribution in [2.24, 2.45) is 0 Å². The molecule has 1 aliphatic rings. The second kappa shape index (κ2) is 9.15. The van der Waals surface area contributed by atoms with Crippen molar-refractivity contribution in [2.45, 2.75) is 5.92 Å². The van der Waals surface area contributed by atoms with Crippen molar-refractivity contribution in [1.29, 1.82) is 0 Å². The molecule has 9 heteroatoms. The van der Waals surface area contributed by atoms with Gasteiger partial charge in [0.15, 0.2) is 0 Å². The van der Waals surface area contributed by atoms with E-state index in [1.807, 2.05) is 24.3 Å². The van der Waals surface area contributed by atoms with Crippen molar-refractivity contribution in [3.8, 4) is 11.4 Å². The van der Waals surface area contributed by atoms with Crippen LogP contribution in [-0.2, 0) is 0 Å². The number of carbonyl (C=O) groups is 1. The van der Waals surface area contributed by atoms with Crippen molar-refractivity contribution < 1.29 is 14.6 Å². The minimum Gasteiger partial charge on any atom is -0.496 e. The molecule has 1 atom stereocenters. The van der Waals surface area contributed by atoms with Gasteiger partial charge in [0, 0.05) is 38.3 Å². The number of aromatic carboxylic acids is 1. The van der Waals surface area contributed by atoms with Crippen LogP contribution in [0.5, 0.6) is 5.75 Å². The number of nitrogens with zero attached hydrogens (tertiary/aromatic N) is 3. The number of aromatic nitrogens is 3. The van der Waals surface area contributed by atoms with E-state index >= 15 is 0 Å². The van der Waals surface area contributed by atoms with Crippen LogP contribution in [0.4, 0.5) is 0 Å². The highest BCUT2D eigenvalue weighted by Crippen LogP contribution is 2.32. The van der Waals surface area contributed by atoms with E-state index < -0.39 is 5.97 Å². The number of para-hydroxylation sites is 1. The summed E-state index contributed by atoms with van der Waals surface area (Å²) in [4.78, 5) is 26.3. The van der Waals surface area contributed by atoms with Gasteiger partial charge < -0.3 is 15.2 Å². The van der Waals surface area contributed by atoms with E-state index in [2.05, 4.69) is 20.4 Å². The predicted octanol–water partition coefficient (Wildman–Crippen LogP) is 1.30. The molecule has 1 fully saturated rings. The fraction of sp³-hybridized carbons (Fsp3) is 0.318. The SMILES string of the molecule is COc1ccccc1C(CN1CCNCC1)c1n[nH]c(=O)n1-c1ccc(C(=O)O)cc1. The van der Waals surface area contributed by atoms with E-state index in [-0.39, 0.29) is 17.2 Å². The van der Waals surface area contributed by atoms with Crippen LogP contribution in [-0.4, -0.2) is 70.6 Å². The molecule has 2 aromatic carbocycles. The molecule has 0 amide bonds. The summed E-state index contributed by atoms with van der Waals surface area (Å²) in [5.41, 5.74) is 1.27. The maximum Gasteiger partial charge on any atom is 0.347 e. The van der Waals surface area contributed by atoms with E-state index in [4.69, 9.17) is 4.74 Å². The van der Waals surface area contributed by atoms with E-state index in [1.165, 1.54) is 16.7 Å². The lowest BCUT2D eigenvalue weighted by Crippen LogP contribution is -2.45. The maximum atomic E-state index is 12.7. The molecule has 1 aromatic heterocycles. The van der Waals surface area contributed by atoms with Crippen molar-refractivity contribution in [3.05, 3.63) is 76.0 Å². The van der Waals surface area contributed by atoms with Gasteiger partial charge in [-0.25, -0.2) is 19.3 Å². The third-order valence-corrected chi connectivity index (χ3v) is 5.55. The Kier molecular flexibility index (Phi) is 6.15. The summed E-state index contributed by atoms with van der Waals surface area (Å²) >= 11 is 0. The standard InChI is InChI=1S/C22H25N5O4/c1-31-19-5-3-2-4-17(19)18(14-26-12-10-23-11-13-26)20-24-25-22(30)27(20)16-8-6-15(7-9-16)21(28)29/h2-9,18,23H,10-14H2,1H3,(H,25,30)(H,28,29). The number of hydrogen-bond acceptors (Lipinski definition) is 6. The van der Waals surface area contributed by atoms with Crippen molar-refractivity contribution in [3.63, 3.8) is 0 Å². The maximum absolute atomic E-state index is 12.7. The summed E-state index contributed by atoms with van der Waals surface area (Å²) in [7, 11) is 1.63. The number of nitrogens with one attached hydrogen (secondary N) is 2. The highest BCUT2D eigenvalue weighted by atomic mass is 16.5. The van der Waals surface area contributed by atoms with Gasteiger partial charge in [-0.05, 0) is 30.3 Å². The van der Waals surface area contributed by atoms with Gasteiger partial charge >= 0.3 is 11.7 Å². The molecule has 4 rings (SSSR count). The van der Waals surface area contributed by atoms with Gasteiger partial charge in [-0.1, -0.05) is 18.2 Å². The molecule has 0 aliphatic carbocycles. The Morgan fingerprint density at radius 2 is 1.87 bits per heavy atom. The van der Waals surface area contributed by atoms with Gasteiger partial charge in [-0.2, -0.15) is 5.10 Å². The van der Waals surface area contributed by atoms with Gasteiger partial charge in [0.25, 0.3) is 0 Å². The number of methoxy groups -OCH3 is 1. The lowest BCUT2D eigenvalue weighted by Gasteiger charge is -2.31. The van der Waals surface area contributed by atoms with Crippen LogP contribution in [0.3, 0.4) is 0 Å². The molecular formula is C22H25N5O4. The normalized spacial score (nSPS) is 15.5. The Hall–Kier alpha value is -3.43. The summed E-state index contributed by atoms with van der Waals surface area (Å²) in [6.45, 7) is 4.27. The molecule has 0 saturated carbocycles. The van der Waals surface area contributed by atoms with Gasteiger partial charge in [0.2, 0.25) is 0 Å². The Morgan fingerprint density at radius 1 is 1.16 bits per heavy atom. The van der Waals surface area contributed by atoms with E-state index in [9.17, 15) is 14.7 Å². The Labute approximate surface area is 179 Å². The Balaban J connectivity index is 1.80. The molecule has 1 aliphatic heterocycles. The average Bonchev–Trinajstić information content (AvgIpc) is 3.19. The topological polar surface area (TPSA) is 112 Å². The van der Waals surface area contributed by atoms with Crippen LogP contribution in [0.2, 0.25) is 0 Å². The Bertz CT molecular complexity index is 1100. The highest BCUT2D eigenvalue weighted by molar-refractivity contribution is 5.87. The number of hydrogen-bond donors (Lipinski definition) is 3. The lowest BCUT2D eigenvalue weighted by molar-refractivity contribution is 0.0697. The monoisotopic (exact) mass is 423 g/mol. The first-order valence-corrected chi connectivity index (χ1v) is 10.2. The average molecular weight is 423 g/mol. The van der Waals surface area contributed by atoms with Gasteiger partial charge in [0.1, 0.15) is 11.6 Å². The minimum atomic E-state index is -1.02. The molecule has 0 bridgehead atoms. The summed E-state index contributed by atoms with van der Waals surface area (Å²) in [5, 5.41) is 19.5. The number of aromatic amines is 1. The first-order chi connectivity index (χ1) is 15.1. The minimum absolute atomic E-state index is 0.156. The molecule has 2 heterocycles. The first-order valence-electron chi connectivity index (χ1n) is 10.2. The van der Waals surface area contributed by atoms with E-state index in [1.54, 1.807) is 19.2 Å². The summed E-state index contributed by atoms with van der Waals surface area (Å²) in [5.74, 6) is 0.0336. The lowest BCUT2D eigenvalue weighted by atomic mass is 9.95. The number of carboxylic acids is 1. The number of rotatable bonds is 7. The molecule has 162 valence electrons. The fourth-order valence-electron chi connectivity index (χ4n) is 3.97. The highest BCUT2D eigenvalue weighted by Gasteiger charge is 2.28. The second-order valence-electron chi connectivity index (χ2n) is 7.42. The van der Waals surface area contributed by atoms with Crippen molar-refractivity contribution >= 4 is 5.97 Å². The molecule has 31 heavy (non-hydrogen) atoms. The van der Waals surface area contributed by atoms with Crippen molar-refractivity contribution in [2.75, 3.05) is 39.8 Å². The molecular weight excluding hydrogens is 398 g/mol. The molecule has 3 N–H and O–H groups in total. The van der Waals surface area contributed by atoms with Gasteiger partial charge in [-0.15, -0.1) is 0 Å². The molecule has 0 radical (unpaired) electrons. The zero-order valence-electron chi connectivity index (χ0n) is 17.2. The van der Waals surface area contributed by atoms with Crippen LogP contribution in [0.25, 0.3) is 5.69 Å². The molecule has 1 unspecified atom stereocenters. The van der Waals surface area contributed by atoms with Gasteiger partial charge in [0.05, 0.1) is 24.3 Å². The molecule has 3 aromatic rings. The van der Waals surface area contributed by atoms with Crippen LogP contribution in [0.1, 0.15) is 27.7 Å². The number of ether oxygens (including phenoxy) is 1. The number of benzene rings is 2. The van der Waals surface area contributed by atoms with Crippen LogP contribution in [0.15, 0.2) is 53.3 Å². The molecule has 0 spiro atoms. The molecule has 9 nitrogen and oxygen atoms in total. The smallest absolute Gasteiger partial charge is 0.347 e. The summed E-state index contributed by atoms with van der Waals surface area (Å²) in [6, 6.07) is 13.9. The van der Waals surface area contributed by atoms with Crippen molar-refractivity contribution in [1.82, 2.24) is 25.0 Å². The number of carboxylic acid groups (broad SMARTS) is 1. The zero-order chi connectivity index (χ0) is 21.8. The Morgan fingerprint density at radius 3 is 2.55 bits per heavy atom. The van der Waals surface area contributed by atoms with Gasteiger partial charge in [-0.3, -0.25) is 4.90 Å². The third-order valence-electron chi connectivity index (χ3n) is 5.55. The summed E-state index contributed by atoms with van der Waals surface area (Å²) < 4.78 is 7.11. The third kappa shape index (κ3) is 4.37. The second-order valence-corrected chi connectivity index (χ2v) is 7.42. The quantitative estimate of drug-likeness (QED) is 0.525. The van der Waals surface area contributed by atoms with Crippen LogP contribution < -0.4 is 15.7 Å². The van der Waals surface area contributed by atoms with E-state index in [0.29, 0.717) is 18.1 Å².